The average Bonchev–Trinajstić information content (AvgIpc) is 1.35. The zero-order chi connectivity index (χ0) is 4.99. The van der Waals surface area contributed by atoms with Crippen molar-refractivity contribution >= 4 is 17.2 Å². The van der Waals surface area contributed by atoms with E-state index in [-0.39, 0.29) is 0 Å². The van der Waals surface area contributed by atoms with E-state index in [1.807, 2.05) is 6.92 Å². The van der Waals surface area contributed by atoms with Gasteiger partial charge < -0.3 is 5.73 Å². The average molecular weight is 102 g/mol. The number of hydrogen-bond donors (Lipinski definition) is 1. The molecular formula is C4H8NS. The summed E-state index contributed by atoms with van der Waals surface area (Å²) in [5.41, 5.74) is 5.08. The van der Waals surface area contributed by atoms with Crippen LogP contribution < -0.4 is 5.73 Å². The Bertz CT molecular complexity index is 51.5. The maximum absolute atomic E-state index is 5.08. The highest BCUT2D eigenvalue weighted by Crippen LogP contribution is 1.80. The second kappa shape index (κ2) is 3.09. The third-order valence-electron chi connectivity index (χ3n) is 0.405. The van der Waals surface area contributed by atoms with Crippen LogP contribution in [0.25, 0.3) is 0 Å². The van der Waals surface area contributed by atoms with E-state index in [0.717, 1.165) is 6.42 Å². The van der Waals surface area contributed by atoms with E-state index in [2.05, 4.69) is 12.2 Å². The maximum Gasteiger partial charge on any atom is 0.0765 e. The summed E-state index contributed by atoms with van der Waals surface area (Å²) in [6, 6.07) is 0. The van der Waals surface area contributed by atoms with Crippen molar-refractivity contribution in [2.45, 2.75) is 13.3 Å². The predicted octanol–water partition coefficient (Wildman–Crippen LogP) is 0.887. The van der Waals surface area contributed by atoms with E-state index in [1.54, 1.807) is 6.42 Å². The normalized spacial score (nSPS) is 8.17. The summed E-state index contributed by atoms with van der Waals surface area (Å²) >= 11 is 4.52. The molecule has 0 amide bonds. The van der Waals surface area contributed by atoms with Crippen molar-refractivity contribution in [3.63, 3.8) is 0 Å². The Morgan fingerprint density at radius 3 is 2.50 bits per heavy atom. The van der Waals surface area contributed by atoms with Crippen molar-refractivity contribution in [1.82, 2.24) is 0 Å². The highest BCUT2D eigenvalue weighted by molar-refractivity contribution is 7.80. The van der Waals surface area contributed by atoms with Gasteiger partial charge in [-0.2, -0.15) is 0 Å². The first-order valence-corrected chi connectivity index (χ1v) is 2.31. The van der Waals surface area contributed by atoms with Crippen molar-refractivity contribution in [2.75, 3.05) is 0 Å². The van der Waals surface area contributed by atoms with Crippen molar-refractivity contribution in [1.29, 1.82) is 0 Å². The lowest BCUT2D eigenvalue weighted by Gasteiger charge is -1.84. The van der Waals surface area contributed by atoms with Gasteiger partial charge in [0.15, 0.2) is 0 Å². The fourth-order valence-electron chi connectivity index (χ4n) is 0.201. The molecule has 0 aliphatic rings. The lowest BCUT2D eigenvalue weighted by Crippen LogP contribution is -2.06. The van der Waals surface area contributed by atoms with Crippen LogP contribution in [-0.2, 0) is 0 Å². The van der Waals surface area contributed by atoms with E-state index < -0.39 is 0 Å². The fraction of sp³-hybridized carbons (Fsp3) is 0.500. The number of thiocarbonyl (C=S) groups is 1. The van der Waals surface area contributed by atoms with Crippen LogP contribution in [0, 0.1) is 6.42 Å². The third-order valence-corrected chi connectivity index (χ3v) is 0.572. The van der Waals surface area contributed by atoms with E-state index in [9.17, 15) is 0 Å². The Labute approximate surface area is 43.5 Å². The standard InChI is InChI=1S/C4H8NS/c1-2-3-4(5)6/h3H,2H2,1H3,(H2,5,6). The molecule has 1 nitrogen and oxygen atoms in total. The van der Waals surface area contributed by atoms with Gasteiger partial charge in [-0.15, -0.1) is 0 Å². The van der Waals surface area contributed by atoms with Gasteiger partial charge in [0.05, 0.1) is 4.99 Å². The summed E-state index contributed by atoms with van der Waals surface area (Å²) < 4.78 is 0. The minimum absolute atomic E-state index is 0.498. The molecule has 0 aromatic carbocycles. The van der Waals surface area contributed by atoms with Crippen molar-refractivity contribution in [2.24, 2.45) is 5.73 Å². The van der Waals surface area contributed by atoms with Crippen LogP contribution in [0.5, 0.6) is 0 Å². The molecule has 0 heterocycles. The topological polar surface area (TPSA) is 26.0 Å². The Balaban J connectivity index is 2.83. The number of hydrogen-bond acceptors (Lipinski definition) is 1. The molecule has 6 heavy (non-hydrogen) atoms. The molecule has 1 radical (unpaired) electrons. The Morgan fingerprint density at radius 1 is 2.00 bits per heavy atom. The molecule has 0 saturated heterocycles. The van der Waals surface area contributed by atoms with Crippen molar-refractivity contribution in [3.8, 4) is 0 Å². The largest absolute Gasteiger partial charge is 0.393 e. The van der Waals surface area contributed by atoms with Gasteiger partial charge in [-0.3, -0.25) is 0 Å². The molecule has 0 fully saturated rings. The summed E-state index contributed by atoms with van der Waals surface area (Å²) in [6.45, 7) is 2.00. The monoisotopic (exact) mass is 102 g/mol. The van der Waals surface area contributed by atoms with Crippen molar-refractivity contribution in [3.05, 3.63) is 6.42 Å². The molecule has 2 N–H and O–H groups in total. The van der Waals surface area contributed by atoms with Crippen LogP contribution in [0.1, 0.15) is 13.3 Å². The van der Waals surface area contributed by atoms with E-state index in [1.165, 1.54) is 0 Å². The Morgan fingerprint density at radius 2 is 2.50 bits per heavy atom. The molecule has 0 atom stereocenters. The molecule has 0 aliphatic heterocycles. The van der Waals surface area contributed by atoms with Gasteiger partial charge in [0.25, 0.3) is 0 Å². The highest BCUT2D eigenvalue weighted by Gasteiger charge is 1.80. The van der Waals surface area contributed by atoms with E-state index in [4.69, 9.17) is 5.73 Å². The minimum Gasteiger partial charge on any atom is -0.393 e. The molecule has 0 spiro atoms. The third kappa shape index (κ3) is 3.89. The predicted molar refractivity (Wildman–Crippen MR) is 31.4 cm³/mol. The summed E-state index contributed by atoms with van der Waals surface area (Å²) in [4.78, 5) is 0.498. The first kappa shape index (κ1) is 5.89. The Kier molecular flexibility index (Phi) is 3.04. The minimum atomic E-state index is 0.498. The fourth-order valence-corrected chi connectivity index (χ4v) is 0.368. The Hall–Kier alpha value is -0.110. The van der Waals surface area contributed by atoms with Gasteiger partial charge >= 0.3 is 0 Å². The van der Waals surface area contributed by atoms with Gasteiger partial charge in [0.2, 0.25) is 0 Å². The summed E-state index contributed by atoms with van der Waals surface area (Å²) in [6.07, 6.45) is 2.74. The lowest BCUT2D eigenvalue weighted by molar-refractivity contribution is 1.17. The van der Waals surface area contributed by atoms with Gasteiger partial charge in [0, 0.05) is 6.42 Å². The van der Waals surface area contributed by atoms with Crippen LogP contribution in [0.3, 0.4) is 0 Å². The molecule has 0 aromatic heterocycles. The molecule has 0 bridgehead atoms. The SMILES string of the molecule is CC[CH]C(N)=S. The van der Waals surface area contributed by atoms with Crippen LogP contribution in [0.4, 0.5) is 0 Å². The molecule has 35 valence electrons. The number of rotatable bonds is 2. The second-order valence-corrected chi connectivity index (χ2v) is 1.49. The molecule has 0 rings (SSSR count). The van der Waals surface area contributed by atoms with Gasteiger partial charge in [-0.1, -0.05) is 19.1 Å². The van der Waals surface area contributed by atoms with Gasteiger partial charge in [-0.25, -0.2) is 0 Å². The van der Waals surface area contributed by atoms with E-state index >= 15 is 0 Å². The van der Waals surface area contributed by atoms with Gasteiger partial charge in [-0.05, 0) is 6.42 Å². The van der Waals surface area contributed by atoms with Crippen LogP contribution in [-0.4, -0.2) is 4.99 Å². The zero-order valence-corrected chi connectivity index (χ0v) is 4.59. The maximum atomic E-state index is 5.08. The summed E-state index contributed by atoms with van der Waals surface area (Å²) in [7, 11) is 0. The van der Waals surface area contributed by atoms with Crippen LogP contribution in [0.2, 0.25) is 0 Å². The first-order valence-electron chi connectivity index (χ1n) is 1.90. The molecule has 2 heteroatoms. The zero-order valence-electron chi connectivity index (χ0n) is 3.77. The first-order chi connectivity index (χ1) is 2.77. The number of nitrogens with two attached hydrogens (primary N) is 1. The van der Waals surface area contributed by atoms with Crippen LogP contribution >= 0.6 is 12.2 Å². The lowest BCUT2D eigenvalue weighted by atomic mass is 10.3. The smallest absolute Gasteiger partial charge is 0.0765 e. The molecule has 0 aliphatic carbocycles. The highest BCUT2D eigenvalue weighted by atomic mass is 32.1. The molecular weight excluding hydrogens is 94.1 g/mol. The van der Waals surface area contributed by atoms with E-state index in [0.29, 0.717) is 4.99 Å². The van der Waals surface area contributed by atoms with Crippen molar-refractivity contribution < 1.29 is 0 Å². The van der Waals surface area contributed by atoms with Gasteiger partial charge in [0.1, 0.15) is 0 Å². The molecule has 0 aromatic rings. The second-order valence-electron chi connectivity index (χ2n) is 1.01. The summed E-state index contributed by atoms with van der Waals surface area (Å²) in [5.74, 6) is 0. The molecule has 0 saturated carbocycles. The molecule has 0 unspecified atom stereocenters. The quantitative estimate of drug-likeness (QED) is 0.524. The summed E-state index contributed by atoms with van der Waals surface area (Å²) in [5, 5.41) is 0. The van der Waals surface area contributed by atoms with Crippen LogP contribution in [0.15, 0.2) is 0 Å².